The molecule has 3 aliphatic heterocycles. The van der Waals surface area contributed by atoms with E-state index in [9.17, 15) is 9.59 Å². The zero-order chi connectivity index (χ0) is 20.2. The number of rotatable bonds is 3. The van der Waals surface area contributed by atoms with Gasteiger partial charge in [0, 0.05) is 49.5 Å². The molecule has 29 heavy (non-hydrogen) atoms. The molecule has 6 nitrogen and oxygen atoms in total. The van der Waals surface area contributed by atoms with Crippen molar-refractivity contribution in [3.05, 3.63) is 29.8 Å². The van der Waals surface area contributed by atoms with Crippen molar-refractivity contribution in [2.45, 2.75) is 64.0 Å². The van der Waals surface area contributed by atoms with E-state index in [2.05, 4.69) is 17.1 Å². The van der Waals surface area contributed by atoms with Gasteiger partial charge in [-0.1, -0.05) is 19.8 Å². The van der Waals surface area contributed by atoms with E-state index in [4.69, 9.17) is 0 Å². The van der Waals surface area contributed by atoms with Crippen LogP contribution in [0.5, 0.6) is 0 Å². The van der Waals surface area contributed by atoms with Crippen molar-refractivity contribution in [3.8, 4) is 0 Å². The minimum Gasteiger partial charge on any atom is -0.339 e. The van der Waals surface area contributed by atoms with Crippen molar-refractivity contribution in [1.29, 1.82) is 0 Å². The van der Waals surface area contributed by atoms with Gasteiger partial charge in [-0.15, -0.1) is 0 Å². The molecule has 0 saturated carbocycles. The molecule has 0 aromatic heterocycles. The van der Waals surface area contributed by atoms with E-state index in [1.54, 1.807) is 0 Å². The van der Waals surface area contributed by atoms with Crippen LogP contribution in [-0.4, -0.2) is 71.4 Å². The Balaban J connectivity index is 1.37. The first-order chi connectivity index (χ1) is 14.2. The molecule has 0 spiro atoms. The molecule has 1 N–H and O–H groups in total. The molecule has 0 radical (unpaired) electrons. The van der Waals surface area contributed by atoms with Gasteiger partial charge in [0.2, 0.25) is 0 Å². The zero-order valence-corrected chi connectivity index (χ0v) is 17.6. The van der Waals surface area contributed by atoms with E-state index in [1.807, 2.05) is 34.1 Å². The fourth-order valence-electron chi connectivity index (χ4n) is 5.03. The van der Waals surface area contributed by atoms with E-state index in [0.717, 1.165) is 51.1 Å². The normalized spacial score (nSPS) is 25.4. The predicted octanol–water partition coefficient (Wildman–Crippen LogP) is 3.79. The van der Waals surface area contributed by atoms with Crippen molar-refractivity contribution in [1.82, 2.24) is 14.7 Å². The molecule has 1 aromatic carbocycles. The van der Waals surface area contributed by atoms with Crippen LogP contribution in [0.4, 0.5) is 10.5 Å². The second-order valence-corrected chi connectivity index (χ2v) is 8.72. The minimum absolute atomic E-state index is 0.0185. The molecule has 2 atom stereocenters. The van der Waals surface area contributed by atoms with Crippen molar-refractivity contribution in [3.63, 3.8) is 0 Å². The summed E-state index contributed by atoms with van der Waals surface area (Å²) in [5.74, 6) is 0.105. The van der Waals surface area contributed by atoms with Crippen LogP contribution in [-0.2, 0) is 0 Å². The number of likely N-dealkylation sites (tertiary alicyclic amines) is 1. The molecule has 0 unspecified atom stereocenters. The summed E-state index contributed by atoms with van der Waals surface area (Å²) in [5.41, 5.74) is 1.46. The summed E-state index contributed by atoms with van der Waals surface area (Å²) < 4.78 is 0. The predicted molar refractivity (Wildman–Crippen MR) is 115 cm³/mol. The average molecular weight is 399 g/mol. The van der Waals surface area contributed by atoms with Crippen LogP contribution >= 0.6 is 0 Å². The monoisotopic (exact) mass is 398 g/mol. The fraction of sp³-hybridized carbons (Fsp3) is 0.652. The Labute approximate surface area is 174 Å². The average Bonchev–Trinajstić information content (AvgIpc) is 3.03. The highest BCUT2D eigenvalue weighted by Gasteiger charge is 2.37. The second-order valence-electron chi connectivity index (χ2n) is 8.72. The fourth-order valence-corrected chi connectivity index (χ4v) is 5.03. The van der Waals surface area contributed by atoms with E-state index < -0.39 is 0 Å². The van der Waals surface area contributed by atoms with Crippen LogP contribution in [0.3, 0.4) is 0 Å². The first-order valence-electron chi connectivity index (χ1n) is 11.4. The Kier molecular flexibility index (Phi) is 6.38. The molecule has 3 amide bonds. The van der Waals surface area contributed by atoms with Gasteiger partial charge in [-0.2, -0.15) is 0 Å². The third-order valence-corrected chi connectivity index (χ3v) is 6.80. The summed E-state index contributed by atoms with van der Waals surface area (Å²) in [6, 6.07) is 8.16. The third-order valence-electron chi connectivity index (χ3n) is 6.80. The molecule has 4 rings (SSSR count). The lowest BCUT2D eigenvalue weighted by molar-refractivity contribution is 0.0761. The molecule has 6 heteroatoms. The van der Waals surface area contributed by atoms with Gasteiger partial charge < -0.3 is 15.1 Å². The van der Waals surface area contributed by atoms with Crippen LogP contribution in [0.15, 0.2) is 24.3 Å². The van der Waals surface area contributed by atoms with E-state index in [0.29, 0.717) is 11.6 Å². The van der Waals surface area contributed by atoms with E-state index in [1.165, 1.54) is 32.2 Å². The molecular formula is C23H34N4O2. The van der Waals surface area contributed by atoms with Crippen LogP contribution in [0, 0.1) is 0 Å². The number of anilines is 1. The molecule has 158 valence electrons. The maximum atomic E-state index is 13.0. The summed E-state index contributed by atoms with van der Waals surface area (Å²) in [5, 5.41) is 3.06. The maximum absolute atomic E-state index is 13.0. The lowest BCUT2D eigenvalue weighted by Gasteiger charge is -2.43. The maximum Gasteiger partial charge on any atom is 0.322 e. The van der Waals surface area contributed by atoms with E-state index >= 15 is 0 Å². The summed E-state index contributed by atoms with van der Waals surface area (Å²) in [4.78, 5) is 32.2. The SMILES string of the molecule is CC[C@@H]1CN2CCC[C@@H]2CN1C(=O)Nc1ccc(C(=O)N2CCCCCC2)cc1. The zero-order valence-electron chi connectivity index (χ0n) is 17.6. The lowest BCUT2D eigenvalue weighted by Crippen LogP contribution is -2.58. The highest BCUT2D eigenvalue weighted by Crippen LogP contribution is 2.26. The van der Waals surface area contributed by atoms with Gasteiger partial charge in [0.25, 0.3) is 5.91 Å². The molecule has 3 fully saturated rings. The molecule has 3 aliphatic rings. The standard InChI is InChI=1S/C23H34N4O2/c1-2-20-16-26-15-7-8-21(26)17-27(20)23(29)24-19-11-9-18(10-12-19)22(28)25-13-5-3-4-6-14-25/h9-12,20-21H,2-8,13-17H2,1H3,(H,24,29)/t20-,21-/m1/s1. The topological polar surface area (TPSA) is 55.9 Å². The van der Waals surface area contributed by atoms with Crippen LogP contribution < -0.4 is 5.32 Å². The minimum atomic E-state index is -0.0185. The number of hydrogen-bond donors (Lipinski definition) is 1. The van der Waals surface area contributed by atoms with Gasteiger partial charge in [0.05, 0.1) is 0 Å². The molecule has 1 aromatic rings. The first-order valence-corrected chi connectivity index (χ1v) is 11.4. The number of amides is 3. The number of nitrogens with zero attached hydrogens (tertiary/aromatic N) is 3. The van der Waals surface area contributed by atoms with Gasteiger partial charge in [-0.25, -0.2) is 4.79 Å². The van der Waals surface area contributed by atoms with Crippen molar-refractivity contribution in [2.24, 2.45) is 0 Å². The Bertz CT molecular complexity index is 712. The number of hydrogen-bond acceptors (Lipinski definition) is 3. The van der Waals surface area contributed by atoms with Crippen LogP contribution in [0.25, 0.3) is 0 Å². The summed E-state index contributed by atoms with van der Waals surface area (Å²) in [7, 11) is 0. The van der Waals surface area contributed by atoms with Crippen molar-refractivity contribution in [2.75, 3.05) is 38.0 Å². The number of carbonyl (C=O) groups is 2. The molecule has 3 saturated heterocycles. The number of carbonyl (C=O) groups excluding carboxylic acids is 2. The van der Waals surface area contributed by atoms with Crippen LogP contribution in [0.1, 0.15) is 62.2 Å². The van der Waals surface area contributed by atoms with Gasteiger partial charge in [0.1, 0.15) is 0 Å². The Morgan fingerprint density at radius 2 is 1.69 bits per heavy atom. The molecule has 0 bridgehead atoms. The summed E-state index contributed by atoms with van der Waals surface area (Å²) in [6.07, 6.45) is 8.00. The van der Waals surface area contributed by atoms with E-state index in [-0.39, 0.29) is 18.0 Å². The third kappa shape index (κ3) is 4.58. The Hall–Kier alpha value is -2.08. The Morgan fingerprint density at radius 3 is 2.38 bits per heavy atom. The highest BCUT2D eigenvalue weighted by atomic mass is 16.2. The number of benzene rings is 1. The lowest BCUT2D eigenvalue weighted by atomic mass is 10.1. The quantitative estimate of drug-likeness (QED) is 0.843. The van der Waals surface area contributed by atoms with Gasteiger partial charge in [-0.3, -0.25) is 9.69 Å². The summed E-state index contributed by atoms with van der Waals surface area (Å²) >= 11 is 0. The van der Waals surface area contributed by atoms with Crippen molar-refractivity contribution < 1.29 is 9.59 Å². The smallest absolute Gasteiger partial charge is 0.322 e. The number of nitrogens with one attached hydrogen (secondary N) is 1. The molecular weight excluding hydrogens is 364 g/mol. The van der Waals surface area contributed by atoms with Gasteiger partial charge >= 0.3 is 6.03 Å². The van der Waals surface area contributed by atoms with Crippen LogP contribution in [0.2, 0.25) is 0 Å². The molecule has 3 heterocycles. The Morgan fingerprint density at radius 1 is 0.966 bits per heavy atom. The van der Waals surface area contributed by atoms with Gasteiger partial charge in [-0.05, 0) is 62.9 Å². The highest BCUT2D eigenvalue weighted by molar-refractivity contribution is 5.95. The second kappa shape index (κ2) is 9.16. The largest absolute Gasteiger partial charge is 0.339 e. The molecule has 0 aliphatic carbocycles. The number of urea groups is 1. The summed E-state index contributed by atoms with van der Waals surface area (Å²) in [6.45, 7) is 6.83. The number of piperazine rings is 1. The van der Waals surface area contributed by atoms with Crippen molar-refractivity contribution >= 4 is 17.6 Å². The van der Waals surface area contributed by atoms with Gasteiger partial charge in [0.15, 0.2) is 0 Å². The first kappa shape index (κ1) is 20.2. The number of fused-ring (bicyclic) bond motifs is 1.